The minimum Gasteiger partial charge on any atom is -0.292 e. The highest BCUT2D eigenvalue weighted by Crippen LogP contribution is 2.29. The predicted octanol–water partition coefficient (Wildman–Crippen LogP) is 6.09. The minimum atomic E-state index is -0.0602. The summed E-state index contributed by atoms with van der Waals surface area (Å²) in [6.45, 7) is 4.86. The lowest BCUT2D eigenvalue weighted by atomic mass is 9.97. The molecule has 2 aromatic carbocycles. The Morgan fingerprint density at radius 1 is 1.03 bits per heavy atom. The molecule has 1 aliphatic carbocycles. The second-order valence-electron chi connectivity index (χ2n) is 10.1. The van der Waals surface area contributed by atoms with Crippen molar-refractivity contribution in [3.8, 4) is 11.4 Å². The Bertz CT molecular complexity index is 1360. The number of aryl methyl sites for hydroxylation is 2. The van der Waals surface area contributed by atoms with Gasteiger partial charge in [0.05, 0.1) is 12.7 Å². The molecule has 5 rings (SSSR count). The van der Waals surface area contributed by atoms with Crippen LogP contribution in [-0.2, 0) is 20.0 Å². The molecule has 0 amide bonds. The Labute approximate surface area is 201 Å². The molecule has 0 unspecified atom stereocenters. The molecule has 176 valence electrons. The highest BCUT2D eigenvalue weighted by Gasteiger charge is 2.18. The average Bonchev–Trinajstić information content (AvgIpc) is 3.46. The van der Waals surface area contributed by atoms with E-state index in [2.05, 4.69) is 61.3 Å². The van der Waals surface area contributed by atoms with Gasteiger partial charge in [0.2, 0.25) is 0 Å². The number of hydrogen-bond acceptors (Lipinski definition) is 3. The second kappa shape index (κ2) is 9.57. The lowest BCUT2D eigenvalue weighted by Gasteiger charge is -2.12. The van der Waals surface area contributed by atoms with Crippen LogP contribution in [0.5, 0.6) is 0 Å². The van der Waals surface area contributed by atoms with Crippen LogP contribution in [-0.4, -0.2) is 19.1 Å². The third kappa shape index (κ3) is 4.44. The van der Waals surface area contributed by atoms with Gasteiger partial charge in [0, 0.05) is 12.6 Å². The first kappa shape index (κ1) is 22.6. The summed E-state index contributed by atoms with van der Waals surface area (Å²) in [5, 5.41) is 0. The summed E-state index contributed by atoms with van der Waals surface area (Å²) in [7, 11) is 1.80. The van der Waals surface area contributed by atoms with Gasteiger partial charge < -0.3 is 0 Å². The number of benzene rings is 2. The number of fused-ring (bicyclic) bond motifs is 1. The zero-order chi connectivity index (χ0) is 23.7. The molecule has 0 spiro atoms. The van der Waals surface area contributed by atoms with Crippen LogP contribution in [0.25, 0.3) is 22.6 Å². The van der Waals surface area contributed by atoms with Crippen LogP contribution in [0.1, 0.15) is 68.6 Å². The van der Waals surface area contributed by atoms with Crippen LogP contribution < -0.4 is 5.69 Å². The van der Waals surface area contributed by atoms with E-state index in [1.165, 1.54) is 43.2 Å². The zero-order valence-corrected chi connectivity index (χ0v) is 20.5. The van der Waals surface area contributed by atoms with Crippen molar-refractivity contribution < 1.29 is 0 Å². The summed E-state index contributed by atoms with van der Waals surface area (Å²) in [6, 6.07) is 17.0. The predicted molar refractivity (Wildman–Crippen MR) is 138 cm³/mol. The summed E-state index contributed by atoms with van der Waals surface area (Å²) < 4.78 is 3.44. The molecule has 0 atom stereocenters. The van der Waals surface area contributed by atoms with Gasteiger partial charge in [0.25, 0.3) is 0 Å². The van der Waals surface area contributed by atoms with Crippen LogP contribution in [0.2, 0.25) is 0 Å². The van der Waals surface area contributed by atoms with Gasteiger partial charge in [-0.2, -0.15) is 0 Å². The maximum Gasteiger partial charge on any atom is 0.330 e. The maximum atomic E-state index is 13.2. The van der Waals surface area contributed by atoms with E-state index in [0.717, 1.165) is 29.0 Å². The third-order valence-corrected chi connectivity index (χ3v) is 7.36. The van der Waals surface area contributed by atoms with Gasteiger partial charge in [-0.05, 0) is 41.4 Å². The largest absolute Gasteiger partial charge is 0.330 e. The molecule has 34 heavy (non-hydrogen) atoms. The summed E-state index contributed by atoms with van der Waals surface area (Å²) >= 11 is 0. The van der Waals surface area contributed by atoms with E-state index in [-0.39, 0.29) is 5.69 Å². The molecule has 1 saturated carbocycles. The summed E-state index contributed by atoms with van der Waals surface area (Å²) in [5.74, 6) is 1.91. The second-order valence-corrected chi connectivity index (χ2v) is 10.1. The van der Waals surface area contributed by atoms with Gasteiger partial charge in [-0.25, -0.2) is 14.8 Å². The molecule has 2 heterocycles. The lowest BCUT2D eigenvalue weighted by Crippen LogP contribution is -2.23. The molecular formula is C29H34N4O. The number of hydrogen-bond donors (Lipinski definition) is 0. The van der Waals surface area contributed by atoms with Gasteiger partial charge in [-0.3, -0.25) is 9.13 Å². The fraction of sp³-hybridized carbons (Fsp3) is 0.414. The van der Waals surface area contributed by atoms with Crippen LogP contribution >= 0.6 is 0 Å². The van der Waals surface area contributed by atoms with Crippen LogP contribution in [0, 0.1) is 5.92 Å². The number of imidazole rings is 1. The molecule has 0 aliphatic heterocycles. The molecule has 0 radical (unpaired) electrons. The molecule has 0 N–H and O–H groups in total. The third-order valence-electron chi connectivity index (χ3n) is 7.36. The van der Waals surface area contributed by atoms with Gasteiger partial charge in [-0.1, -0.05) is 88.1 Å². The Balaban J connectivity index is 1.48. The Kier molecular flexibility index (Phi) is 6.36. The van der Waals surface area contributed by atoms with E-state index in [1.807, 2.05) is 6.07 Å². The van der Waals surface area contributed by atoms with Crippen molar-refractivity contribution in [2.24, 2.45) is 13.0 Å². The van der Waals surface area contributed by atoms with Crippen molar-refractivity contribution in [1.82, 2.24) is 19.1 Å². The molecular weight excluding hydrogens is 420 g/mol. The number of nitrogens with zero attached hydrogens (tertiary/aromatic N) is 4. The fourth-order valence-electron chi connectivity index (χ4n) is 5.39. The van der Waals surface area contributed by atoms with E-state index in [4.69, 9.17) is 4.98 Å². The standard InChI is InChI=1S/C29H34N4O/c1-20(2)24-13-6-7-14-25(24)27-30-18-26-28(31-27)33(29(34)32(26)3)19-23-12-8-11-22(17-23)16-15-21-9-4-5-10-21/h6-8,11-14,17-18,20-21H,4-5,9-10,15-16,19H2,1-3H3. The summed E-state index contributed by atoms with van der Waals surface area (Å²) in [4.78, 5) is 22.7. The maximum absolute atomic E-state index is 13.2. The Morgan fingerprint density at radius 2 is 1.79 bits per heavy atom. The fourth-order valence-corrected chi connectivity index (χ4v) is 5.39. The molecule has 0 saturated heterocycles. The number of aromatic nitrogens is 4. The van der Waals surface area contributed by atoms with Crippen molar-refractivity contribution >= 4 is 11.2 Å². The smallest absolute Gasteiger partial charge is 0.292 e. The van der Waals surface area contributed by atoms with E-state index in [9.17, 15) is 4.79 Å². The highest BCUT2D eigenvalue weighted by molar-refractivity contribution is 5.74. The molecule has 4 aromatic rings. The van der Waals surface area contributed by atoms with E-state index in [1.54, 1.807) is 22.4 Å². The Morgan fingerprint density at radius 3 is 2.59 bits per heavy atom. The van der Waals surface area contributed by atoms with Crippen LogP contribution in [0.4, 0.5) is 0 Å². The first-order valence-electron chi connectivity index (χ1n) is 12.6. The van der Waals surface area contributed by atoms with Gasteiger partial charge >= 0.3 is 5.69 Å². The monoisotopic (exact) mass is 454 g/mol. The molecule has 1 fully saturated rings. The van der Waals surface area contributed by atoms with E-state index in [0.29, 0.717) is 23.9 Å². The van der Waals surface area contributed by atoms with E-state index >= 15 is 0 Å². The van der Waals surface area contributed by atoms with Crippen molar-refractivity contribution in [2.45, 2.75) is 64.8 Å². The minimum absolute atomic E-state index is 0.0602. The summed E-state index contributed by atoms with van der Waals surface area (Å²) in [5.41, 5.74) is 6.12. The molecule has 0 bridgehead atoms. The van der Waals surface area contributed by atoms with Crippen molar-refractivity contribution in [2.75, 3.05) is 0 Å². The molecule has 5 nitrogen and oxygen atoms in total. The molecule has 5 heteroatoms. The van der Waals surface area contributed by atoms with Crippen LogP contribution in [0.3, 0.4) is 0 Å². The molecule has 2 aromatic heterocycles. The first-order valence-corrected chi connectivity index (χ1v) is 12.6. The zero-order valence-electron chi connectivity index (χ0n) is 20.5. The van der Waals surface area contributed by atoms with E-state index < -0.39 is 0 Å². The normalized spacial score (nSPS) is 14.5. The van der Waals surface area contributed by atoms with Gasteiger partial charge in [-0.15, -0.1) is 0 Å². The van der Waals surface area contributed by atoms with Crippen molar-refractivity contribution in [1.29, 1.82) is 0 Å². The molecule has 1 aliphatic rings. The van der Waals surface area contributed by atoms with Crippen molar-refractivity contribution in [3.63, 3.8) is 0 Å². The van der Waals surface area contributed by atoms with Gasteiger partial charge in [0.1, 0.15) is 5.52 Å². The number of rotatable bonds is 7. The van der Waals surface area contributed by atoms with Crippen LogP contribution in [0.15, 0.2) is 59.5 Å². The first-order chi connectivity index (χ1) is 16.5. The quantitative estimate of drug-likeness (QED) is 0.339. The SMILES string of the molecule is CC(C)c1ccccc1-c1ncc2c(n1)n(Cc1cccc(CCC3CCCC3)c1)c(=O)n2C. The lowest BCUT2D eigenvalue weighted by molar-refractivity contribution is 0.503. The average molecular weight is 455 g/mol. The van der Waals surface area contributed by atoms with Crippen molar-refractivity contribution in [3.05, 3.63) is 81.9 Å². The highest BCUT2D eigenvalue weighted by atomic mass is 16.1. The Hall–Kier alpha value is -3.21. The van der Waals surface area contributed by atoms with Gasteiger partial charge in [0.15, 0.2) is 11.5 Å². The summed E-state index contributed by atoms with van der Waals surface area (Å²) in [6.07, 6.45) is 9.70. The topological polar surface area (TPSA) is 52.7 Å².